The molecule has 770 valence electrons. The first-order chi connectivity index (χ1) is 70.5. The second-order valence-corrected chi connectivity index (χ2v) is 35.1. The summed E-state index contributed by atoms with van der Waals surface area (Å²) in [5.74, 6) is -13.2. The van der Waals surface area contributed by atoms with Crippen molar-refractivity contribution in [2.24, 2.45) is 23.7 Å². The predicted molar refractivity (Wildman–Crippen MR) is 527 cm³/mol. The number of nitrogens with one attached hydrogen (secondary N) is 9. The van der Waals surface area contributed by atoms with Gasteiger partial charge in [0.2, 0.25) is 0 Å². The molecule has 0 fully saturated rings. The van der Waals surface area contributed by atoms with Crippen LogP contribution in [0.5, 0.6) is 40.2 Å². The third kappa shape index (κ3) is 25.8. The van der Waals surface area contributed by atoms with E-state index in [1.807, 2.05) is 55.4 Å². The predicted octanol–water partition coefficient (Wildman–Crippen LogP) is 18.2. The first-order valence-electron chi connectivity index (χ1n) is 46.1. The summed E-state index contributed by atoms with van der Waals surface area (Å²) in [5.41, 5.74) is -3.56. The van der Waals surface area contributed by atoms with Crippen LogP contribution >= 0.6 is 0 Å². The zero-order chi connectivity index (χ0) is 106. The minimum atomic E-state index is -5.21. The topological polar surface area (TPSA) is 486 Å². The van der Waals surface area contributed by atoms with Crippen molar-refractivity contribution >= 4 is 175 Å². The van der Waals surface area contributed by atoms with Crippen LogP contribution in [0.2, 0.25) is 0 Å². The molecule has 7 aromatic heterocycles. The van der Waals surface area contributed by atoms with E-state index in [-0.39, 0.29) is 268 Å². The molecule has 9 N–H and O–H groups in total. The lowest BCUT2D eigenvalue weighted by Gasteiger charge is -2.17. The molecule has 37 nitrogen and oxygen atoms in total. The average molecular weight is 2050 g/mol. The Hall–Kier alpha value is -17.5. The standard InChI is InChI=1S/C102H94F9N17O20/c1-51(2)47-145-79-42-70(92(131)122-62-27-10-20-55-76(142-37-17-34-112-97(136)100(103,104)105)40-68(115-83(55)62)90(129)124-65-30-14-24-59-81(147-49-53(5)6)44-72(119-86(59)65)94(133)127-67-32-12-22-57-78(46-74(96(135)141-9)121-88(57)67)144-39-19-36-114-99(138)102(109,110)111)117-87-60(79)25-15-31-66(87)125-93(132)71-43-80(146-48-52(3)4)58-23-13-29-64(85(58)118-71)123-91(130)69-41-77(143-38-18-35-113-98(137)101(106,107)108)56-21-11-28-63(84(56)116-69)126-95(134)73-45-82(148-50-54(7)8)61-26-16-33-75(128(139)140)89(61)120-73/h10-16,20-33,40-46,51-54H,17-19,34-39,47-50H2,1-9H3,(H,112,136)(H,113,137)(H,114,138)(H,122,131)(H,123,130)(H,124,129)(H,125,132)(H,126,134)(H,127,133). The smallest absolute Gasteiger partial charge is 0.471 e. The Bertz CT molecular complexity index is 7560. The lowest BCUT2D eigenvalue weighted by Crippen LogP contribution is -2.37. The number of carbonyl (C=O) groups excluding carboxylic acids is 10. The monoisotopic (exact) mass is 2050 g/mol. The highest BCUT2D eigenvalue weighted by molar-refractivity contribution is 6.18. The number of alkyl halides is 9. The van der Waals surface area contributed by atoms with Crippen LogP contribution in [0, 0.1) is 33.8 Å². The Kier molecular flexibility index (Phi) is 33.0. The molecule has 14 rings (SSSR count). The molecule has 0 atom stereocenters. The van der Waals surface area contributed by atoms with Crippen molar-refractivity contribution in [3.8, 4) is 40.2 Å². The van der Waals surface area contributed by atoms with Crippen molar-refractivity contribution < 1.29 is 130 Å². The third-order valence-corrected chi connectivity index (χ3v) is 21.7. The maximum absolute atomic E-state index is 15.3. The van der Waals surface area contributed by atoms with Crippen LogP contribution < -0.4 is 81.0 Å². The van der Waals surface area contributed by atoms with Crippen molar-refractivity contribution in [2.45, 2.75) is 93.2 Å². The van der Waals surface area contributed by atoms with Gasteiger partial charge in [-0.1, -0.05) is 97.9 Å². The van der Waals surface area contributed by atoms with E-state index in [1.54, 1.807) is 58.4 Å². The number of rotatable bonds is 41. The van der Waals surface area contributed by atoms with Crippen LogP contribution in [0.25, 0.3) is 76.3 Å². The van der Waals surface area contributed by atoms with Gasteiger partial charge in [-0.3, -0.25) is 53.3 Å². The highest BCUT2D eigenvalue weighted by Gasteiger charge is 2.41. The number of methoxy groups -OCH3 is 1. The van der Waals surface area contributed by atoms with Crippen molar-refractivity contribution in [2.75, 3.05) is 105 Å². The molecule has 0 bridgehead atoms. The fraction of sp³-hybridized carbons (Fsp3) is 0.284. The third-order valence-electron chi connectivity index (χ3n) is 21.7. The Balaban J connectivity index is 0.781. The summed E-state index contributed by atoms with van der Waals surface area (Å²) in [7, 11) is 1.08. The molecule has 0 radical (unpaired) electrons. The molecule has 9 amide bonds. The summed E-state index contributed by atoms with van der Waals surface area (Å²) < 4.78 is 167. The van der Waals surface area contributed by atoms with Gasteiger partial charge in [0, 0.05) is 106 Å². The van der Waals surface area contributed by atoms with Crippen LogP contribution in [0.15, 0.2) is 170 Å². The Labute approximate surface area is 834 Å². The zero-order valence-electron chi connectivity index (χ0n) is 80.3. The normalized spacial score (nSPS) is 11.7. The van der Waals surface area contributed by atoms with Crippen molar-refractivity contribution in [1.82, 2.24) is 50.8 Å². The van der Waals surface area contributed by atoms with Crippen molar-refractivity contribution in [3.63, 3.8) is 0 Å². The second kappa shape index (κ2) is 46.0. The van der Waals surface area contributed by atoms with Gasteiger partial charge in [0.25, 0.3) is 41.1 Å². The lowest BCUT2D eigenvalue weighted by molar-refractivity contribution is -0.383. The van der Waals surface area contributed by atoms with Crippen LogP contribution in [0.1, 0.15) is 148 Å². The van der Waals surface area contributed by atoms with Crippen molar-refractivity contribution in [1.29, 1.82) is 0 Å². The summed E-state index contributed by atoms with van der Waals surface area (Å²) in [4.78, 5) is 183. The minimum Gasteiger partial charge on any atom is -0.493 e. The number of hydrogen-bond donors (Lipinski definition) is 9. The summed E-state index contributed by atoms with van der Waals surface area (Å²) in [6.07, 6.45) is -16.1. The number of esters is 1. The van der Waals surface area contributed by atoms with Gasteiger partial charge in [-0.25, -0.2) is 39.7 Å². The van der Waals surface area contributed by atoms with E-state index in [4.69, 9.17) is 62.8 Å². The van der Waals surface area contributed by atoms with E-state index >= 15 is 19.2 Å². The molecule has 0 aliphatic heterocycles. The van der Waals surface area contributed by atoms with Crippen LogP contribution in [0.3, 0.4) is 0 Å². The highest BCUT2D eigenvalue weighted by atomic mass is 19.4. The Morgan fingerprint density at radius 3 is 0.703 bits per heavy atom. The zero-order valence-corrected chi connectivity index (χ0v) is 80.3. The Morgan fingerprint density at radius 2 is 0.493 bits per heavy atom. The SMILES string of the molecule is COC(=O)c1cc(OCCCNC(=O)C(F)(F)F)c2cccc(NC(=O)c3cc(OCC(C)C)c4cccc(NC(=O)c5cc(OCCCNC(=O)C(F)(F)F)c6cccc(NC(=O)c7cc(OCC(C)C)c8cccc(NC(=O)c9cc(OCC(C)C)c%10cccc(NC(=O)c%11cc(OCCCNC(=O)C(F)(F)F)c%12cccc(NC(=O)c%13cc(OCC(C)C)c%14cccc([N+](=O)[O-])c%14n%13)c%12n%11)c%10n9)c8n7)c6n5)c4n3)c2n1. The number of fused-ring (bicyclic) bond motifs is 7. The fourth-order valence-corrected chi connectivity index (χ4v) is 14.8. The molecule has 0 aliphatic carbocycles. The summed E-state index contributed by atoms with van der Waals surface area (Å²) >= 11 is 0. The van der Waals surface area contributed by atoms with Gasteiger partial charge in [-0.05, 0) is 122 Å². The molecule has 0 saturated carbocycles. The first kappa shape index (κ1) is 106. The average Bonchev–Trinajstić information content (AvgIpc) is 0.771. The number of non-ortho nitro benzene ring substituents is 1. The summed E-state index contributed by atoms with van der Waals surface area (Å²) in [6.45, 7) is 12.9. The number of anilines is 6. The molecule has 148 heavy (non-hydrogen) atoms. The maximum atomic E-state index is 15.3. The van der Waals surface area contributed by atoms with E-state index in [1.165, 1.54) is 127 Å². The number of hydrogen-bond acceptors (Lipinski definition) is 27. The molecular formula is C102H94F9N17O20. The number of ether oxygens (including phenoxy) is 8. The molecule has 7 heterocycles. The van der Waals surface area contributed by atoms with Gasteiger partial charge in [-0.15, -0.1) is 0 Å². The largest absolute Gasteiger partial charge is 0.493 e. The van der Waals surface area contributed by atoms with E-state index in [0.717, 1.165) is 7.11 Å². The quantitative estimate of drug-likeness (QED) is 0.00565. The molecule has 0 unspecified atom stereocenters. The number of carbonyl (C=O) groups is 10. The molecule has 0 aliphatic rings. The van der Waals surface area contributed by atoms with Gasteiger partial charge in [0.15, 0.2) is 11.2 Å². The number of nitro groups is 1. The van der Waals surface area contributed by atoms with Crippen LogP contribution in [-0.4, -0.2) is 190 Å². The number of pyridine rings is 7. The van der Waals surface area contributed by atoms with Crippen LogP contribution in [-0.2, 0) is 19.1 Å². The summed E-state index contributed by atoms with van der Waals surface area (Å²) in [5, 5.41) is 36.0. The molecule has 46 heteroatoms. The van der Waals surface area contributed by atoms with E-state index in [0.29, 0.717) is 0 Å². The first-order valence-corrected chi connectivity index (χ1v) is 46.1. The molecule has 0 spiro atoms. The minimum absolute atomic E-state index is 0.00581. The number of nitrogens with zero attached hydrogens (tertiary/aromatic N) is 8. The van der Waals surface area contributed by atoms with Gasteiger partial charge in [-0.2, -0.15) is 39.5 Å². The number of halogens is 9. The van der Waals surface area contributed by atoms with Gasteiger partial charge < -0.3 is 85.7 Å². The number of aromatic nitrogens is 7. The van der Waals surface area contributed by atoms with E-state index in [2.05, 4.69) is 41.9 Å². The van der Waals surface area contributed by atoms with Crippen LogP contribution in [0.4, 0.5) is 79.3 Å². The Morgan fingerprint density at radius 1 is 0.297 bits per heavy atom. The van der Waals surface area contributed by atoms with Crippen molar-refractivity contribution in [3.05, 3.63) is 220 Å². The summed E-state index contributed by atoms with van der Waals surface area (Å²) in [6, 6.07) is 40.4. The van der Waals surface area contributed by atoms with Gasteiger partial charge >= 0.3 is 42.2 Å². The van der Waals surface area contributed by atoms with Gasteiger partial charge in [0.1, 0.15) is 74.4 Å². The molecule has 0 saturated heterocycles. The number of nitro benzene ring substituents is 1. The maximum Gasteiger partial charge on any atom is 0.471 e. The van der Waals surface area contributed by atoms with E-state index < -0.39 is 119 Å². The number of para-hydroxylation sites is 7. The molecule has 7 aromatic carbocycles. The molecule has 14 aromatic rings. The lowest BCUT2D eigenvalue weighted by atomic mass is 10.1. The fourth-order valence-electron chi connectivity index (χ4n) is 14.8. The van der Waals surface area contributed by atoms with Gasteiger partial charge in [0.05, 0.1) is 126 Å². The molecular weight excluding hydrogens is 1950 g/mol. The van der Waals surface area contributed by atoms with E-state index in [9.17, 15) is 78.4 Å². The number of benzene rings is 7. The second-order valence-electron chi connectivity index (χ2n) is 35.1. The highest BCUT2D eigenvalue weighted by Crippen LogP contribution is 2.42. The number of amides is 9.